The number of nitrogens with one attached hydrogen (secondary N) is 1. The second-order valence-electron chi connectivity index (χ2n) is 8.23. The zero-order valence-electron chi connectivity index (χ0n) is 18.4. The van der Waals surface area contributed by atoms with Crippen molar-refractivity contribution in [1.29, 1.82) is 0 Å². The average Bonchev–Trinajstić information content (AvgIpc) is 3.12. The molecule has 0 fully saturated rings. The van der Waals surface area contributed by atoms with Crippen LogP contribution in [0.15, 0.2) is 28.9 Å². The highest BCUT2D eigenvalue weighted by atomic mass is 16.3. The van der Waals surface area contributed by atoms with E-state index in [0.29, 0.717) is 30.1 Å². The van der Waals surface area contributed by atoms with Crippen LogP contribution in [0.25, 0.3) is 0 Å². The smallest absolute Gasteiger partial charge is 0.273 e. The Kier molecular flexibility index (Phi) is 7.81. The van der Waals surface area contributed by atoms with Gasteiger partial charge < -0.3 is 9.73 Å². The Morgan fingerprint density at radius 3 is 2.54 bits per heavy atom. The minimum absolute atomic E-state index is 0.120. The van der Waals surface area contributed by atoms with Crippen LogP contribution in [-0.2, 0) is 13.1 Å². The molecule has 0 aliphatic carbocycles. The minimum Gasteiger partial charge on any atom is -0.447 e. The van der Waals surface area contributed by atoms with Crippen molar-refractivity contribution >= 4 is 5.91 Å². The topological polar surface area (TPSA) is 58.4 Å². The number of nitrogens with zero attached hydrogens (tertiary/aromatic N) is 2. The first kappa shape index (κ1) is 22.2. The van der Waals surface area contributed by atoms with E-state index in [4.69, 9.17) is 4.42 Å². The summed E-state index contributed by atoms with van der Waals surface area (Å²) >= 11 is 0. The standard InChI is InChI=1S/C23H35N3O2/c1-8-18(6)24-23(27)21-14-28-22(25-21)13-26(19(7)15(2)3)12-20-11-16(4)9-10-17(20)5/h9-11,14-15,18-19H,8,12-13H2,1-7H3,(H,24,27). The second-order valence-corrected chi connectivity index (χ2v) is 8.23. The van der Waals surface area contributed by atoms with Crippen LogP contribution in [0.5, 0.6) is 0 Å². The van der Waals surface area contributed by atoms with Crippen molar-refractivity contribution in [3.63, 3.8) is 0 Å². The van der Waals surface area contributed by atoms with E-state index in [1.807, 2.05) is 13.8 Å². The molecule has 1 aromatic carbocycles. The van der Waals surface area contributed by atoms with Gasteiger partial charge in [-0.05, 0) is 51.2 Å². The van der Waals surface area contributed by atoms with Crippen LogP contribution in [0.3, 0.4) is 0 Å². The molecule has 1 aromatic heterocycles. The SMILES string of the molecule is CCC(C)NC(=O)c1coc(CN(Cc2cc(C)ccc2C)C(C)C(C)C)n1. The largest absolute Gasteiger partial charge is 0.447 e. The maximum absolute atomic E-state index is 12.3. The third kappa shape index (κ3) is 5.93. The zero-order valence-corrected chi connectivity index (χ0v) is 18.4. The van der Waals surface area contributed by atoms with E-state index in [2.05, 4.69) is 68.0 Å². The molecule has 5 nitrogen and oxygen atoms in total. The van der Waals surface area contributed by atoms with Crippen molar-refractivity contribution in [3.05, 3.63) is 52.7 Å². The van der Waals surface area contributed by atoms with Gasteiger partial charge in [-0.1, -0.05) is 44.5 Å². The number of carbonyl (C=O) groups excluding carboxylic acids is 1. The fraction of sp³-hybridized carbons (Fsp3) is 0.565. The maximum atomic E-state index is 12.3. The van der Waals surface area contributed by atoms with E-state index < -0.39 is 0 Å². The maximum Gasteiger partial charge on any atom is 0.273 e. The number of oxazole rings is 1. The van der Waals surface area contributed by atoms with Crippen molar-refractivity contribution in [2.45, 2.75) is 80.1 Å². The van der Waals surface area contributed by atoms with Gasteiger partial charge in [-0.3, -0.25) is 9.69 Å². The molecule has 2 rings (SSSR count). The van der Waals surface area contributed by atoms with Crippen LogP contribution in [0.2, 0.25) is 0 Å². The molecule has 0 aliphatic rings. The average molecular weight is 386 g/mol. The van der Waals surface area contributed by atoms with E-state index in [-0.39, 0.29) is 11.9 Å². The Labute approximate surface area is 169 Å². The third-order valence-corrected chi connectivity index (χ3v) is 5.53. The summed E-state index contributed by atoms with van der Waals surface area (Å²) in [6, 6.07) is 7.03. The highest BCUT2D eigenvalue weighted by Gasteiger charge is 2.22. The van der Waals surface area contributed by atoms with Gasteiger partial charge in [0.05, 0.1) is 6.54 Å². The Hall–Kier alpha value is -2.14. The summed E-state index contributed by atoms with van der Waals surface area (Å²) in [5.41, 5.74) is 4.21. The molecule has 2 unspecified atom stereocenters. The molecule has 2 atom stereocenters. The van der Waals surface area contributed by atoms with Crippen molar-refractivity contribution < 1.29 is 9.21 Å². The van der Waals surface area contributed by atoms with Gasteiger partial charge in [-0.25, -0.2) is 4.98 Å². The van der Waals surface area contributed by atoms with Gasteiger partial charge in [-0.2, -0.15) is 0 Å². The lowest BCUT2D eigenvalue weighted by Gasteiger charge is -2.31. The van der Waals surface area contributed by atoms with Crippen molar-refractivity contribution in [3.8, 4) is 0 Å². The number of amides is 1. The summed E-state index contributed by atoms with van der Waals surface area (Å²) in [5, 5.41) is 2.93. The summed E-state index contributed by atoms with van der Waals surface area (Å²) in [4.78, 5) is 19.1. The number of aryl methyl sites for hydroxylation is 2. The highest BCUT2D eigenvalue weighted by Crippen LogP contribution is 2.20. The fourth-order valence-electron chi connectivity index (χ4n) is 3.02. The lowest BCUT2D eigenvalue weighted by Crippen LogP contribution is -2.36. The molecule has 2 aromatic rings. The van der Waals surface area contributed by atoms with E-state index in [9.17, 15) is 4.79 Å². The first-order valence-electron chi connectivity index (χ1n) is 10.3. The number of benzene rings is 1. The predicted molar refractivity (Wildman–Crippen MR) is 113 cm³/mol. The molecule has 1 heterocycles. The Morgan fingerprint density at radius 2 is 1.89 bits per heavy atom. The van der Waals surface area contributed by atoms with Gasteiger partial charge in [0, 0.05) is 18.6 Å². The van der Waals surface area contributed by atoms with Crippen LogP contribution in [-0.4, -0.2) is 27.9 Å². The van der Waals surface area contributed by atoms with Crippen molar-refractivity contribution in [2.75, 3.05) is 0 Å². The highest BCUT2D eigenvalue weighted by molar-refractivity contribution is 5.92. The summed E-state index contributed by atoms with van der Waals surface area (Å²) in [6.07, 6.45) is 2.34. The Morgan fingerprint density at radius 1 is 1.18 bits per heavy atom. The number of hydrogen-bond donors (Lipinski definition) is 1. The lowest BCUT2D eigenvalue weighted by molar-refractivity contribution is 0.0934. The van der Waals surface area contributed by atoms with Gasteiger partial charge >= 0.3 is 0 Å². The van der Waals surface area contributed by atoms with Gasteiger partial charge in [0.15, 0.2) is 5.69 Å². The number of rotatable bonds is 9. The first-order chi connectivity index (χ1) is 13.2. The minimum atomic E-state index is -0.178. The molecular formula is C23H35N3O2. The summed E-state index contributed by atoms with van der Waals surface area (Å²) in [7, 11) is 0. The van der Waals surface area contributed by atoms with E-state index >= 15 is 0 Å². The molecule has 154 valence electrons. The number of carbonyl (C=O) groups is 1. The first-order valence-corrected chi connectivity index (χ1v) is 10.3. The van der Waals surface area contributed by atoms with Crippen LogP contribution >= 0.6 is 0 Å². The van der Waals surface area contributed by atoms with Crippen LogP contribution < -0.4 is 5.32 Å². The summed E-state index contributed by atoms with van der Waals surface area (Å²) < 4.78 is 5.64. The molecule has 0 aliphatic heterocycles. The Balaban J connectivity index is 2.17. The summed E-state index contributed by atoms with van der Waals surface area (Å²) in [6.45, 7) is 16.4. The molecule has 5 heteroatoms. The van der Waals surface area contributed by atoms with E-state index in [1.54, 1.807) is 0 Å². The van der Waals surface area contributed by atoms with E-state index in [0.717, 1.165) is 13.0 Å². The molecule has 0 saturated carbocycles. The fourth-order valence-corrected chi connectivity index (χ4v) is 3.02. The summed E-state index contributed by atoms with van der Waals surface area (Å²) in [5.74, 6) is 0.891. The molecule has 0 radical (unpaired) electrons. The van der Waals surface area contributed by atoms with E-state index in [1.165, 1.54) is 23.0 Å². The molecule has 1 amide bonds. The van der Waals surface area contributed by atoms with Crippen LogP contribution in [0, 0.1) is 19.8 Å². The van der Waals surface area contributed by atoms with Gasteiger partial charge in [0.25, 0.3) is 5.91 Å². The van der Waals surface area contributed by atoms with Crippen LogP contribution in [0.4, 0.5) is 0 Å². The second kappa shape index (κ2) is 9.87. The monoisotopic (exact) mass is 385 g/mol. The van der Waals surface area contributed by atoms with Gasteiger partial charge in [-0.15, -0.1) is 0 Å². The van der Waals surface area contributed by atoms with Crippen LogP contribution in [0.1, 0.15) is 74.1 Å². The quantitative estimate of drug-likeness (QED) is 0.669. The molecule has 0 spiro atoms. The lowest BCUT2D eigenvalue weighted by atomic mass is 10.0. The molecular weight excluding hydrogens is 350 g/mol. The zero-order chi connectivity index (χ0) is 20.8. The predicted octanol–water partition coefficient (Wildman–Crippen LogP) is 4.87. The van der Waals surface area contributed by atoms with Crippen molar-refractivity contribution in [1.82, 2.24) is 15.2 Å². The Bertz CT molecular complexity index is 782. The normalized spacial score (nSPS) is 13.8. The molecule has 1 N–H and O–H groups in total. The van der Waals surface area contributed by atoms with Gasteiger partial charge in [0.1, 0.15) is 6.26 Å². The van der Waals surface area contributed by atoms with Crippen molar-refractivity contribution in [2.24, 2.45) is 5.92 Å². The van der Waals surface area contributed by atoms with Gasteiger partial charge in [0.2, 0.25) is 5.89 Å². The number of aromatic nitrogens is 1. The third-order valence-electron chi connectivity index (χ3n) is 5.53. The number of hydrogen-bond acceptors (Lipinski definition) is 4. The molecule has 28 heavy (non-hydrogen) atoms. The molecule has 0 bridgehead atoms. The molecule has 0 saturated heterocycles.